The molecule has 0 aliphatic carbocycles. The zero-order valence-electron chi connectivity index (χ0n) is 15.5. The number of hydrogen-bond acceptors (Lipinski definition) is 6. The summed E-state index contributed by atoms with van der Waals surface area (Å²) >= 11 is 0. The van der Waals surface area contributed by atoms with E-state index in [1.807, 2.05) is 0 Å². The third kappa shape index (κ3) is 5.90. The Bertz CT molecular complexity index is 492. The molecule has 138 valence electrons. The minimum absolute atomic E-state index is 0.367. The molecule has 0 saturated carbocycles. The second kappa shape index (κ2) is 7.27. The molecule has 0 radical (unpaired) electrons. The molecule has 1 heterocycles. The Hall–Kier alpha value is -1.99. The molecule has 0 bridgehead atoms. The molecule has 24 heavy (non-hydrogen) atoms. The molecular formula is C16H28N2O6. The summed E-state index contributed by atoms with van der Waals surface area (Å²) in [5.74, 6) is -0.547. The fourth-order valence-electron chi connectivity index (χ4n) is 2.33. The van der Waals surface area contributed by atoms with E-state index in [0.717, 1.165) is 0 Å². The third-order valence-corrected chi connectivity index (χ3v) is 3.15. The van der Waals surface area contributed by atoms with Crippen LogP contribution in [0.15, 0.2) is 0 Å². The van der Waals surface area contributed by atoms with Gasteiger partial charge in [0.25, 0.3) is 0 Å². The van der Waals surface area contributed by atoms with Crippen LogP contribution in [0.3, 0.4) is 0 Å². The largest absolute Gasteiger partial charge is 0.467 e. The molecular weight excluding hydrogens is 316 g/mol. The Labute approximate surface area is 142 Å². The van der Waals surface area contributed by atoms with Crippen molar-refractivity contribution in [3.63, 3.8) is 0 Å². The summed E-state index contributed by atoms with van der Waals surface area (Å²) in [6, 6.07) is -0.801. The molecule has 8 heteroatoms. The monoisotopic (exact) mass is 344 g/mol. The molecule has 1 N–H and O–H groups in total. The zero-order chi connectivity index (χ0) is 18.7. The maximum atomic E-state index is 12.5. The summed E-state index contributed by atoms with van der Waals surface area (Å²) in [6.45, 7) is 10.4. The third-order valence-electron chi connectivity index (χ3n) is 3.15. The Morgan fingerprint density at radius 1 is 0.958 bits per heavy atom. The van der Waals surface area contributed by atoms with Crippen LogP contribution >= 0.6 is 0 Å². The van der Waals surface area contributed by atoms with Crippen LogP contribution in [0.4, 0.5) is 9.59 Å². The average molecular weight is 344 g/mol. The van der Waals surface area contributed by atoms with Crippen LogP contribution in [-0.2, 0) is 19.0 Å². The van der Waals surface area contributed by atoms with Crippen LogP contribution < -0.4 is 5.32 Å². The van der Waals surface area contributed by atoms with E-state index in [4.69, 9.17) is 14.2 Å². The van der Waals surface area contributed by atoms with Crippen molar-refractivity contribution in [2.45, 2.75) is 77.8 Å². The highest BCUT2D eigenvalue weighted by Gasteiger charge is 2.44. The Kier molecular flexibility index (Phi) is 6.08. The molecule has 0 aromatic heterocycles. The standard InChI is InChI=1S/C16H28N2O6/c1-15(2,3)23-13(20)17-11-9-8-10(12(19)22-7)18(11)14(21)24-16(4,5)6/h10-11H,8-9H2,1-7H3,(H,17,20)/t10-,11?/m0/s1. The number of methoxy groups -OCH3 is 1. The van der Waals surface area contributed by atoms with Crippen molar-refractivity contribution in [3.05, 3.63) is 0 Å². The van der Waals surface area contributed by atoms with Crippen molar-refractivity contribution in [1.82, 2.24) is 10.2 Å². The van der Waals surface area contributed by atoms with E-state index in [-0.39, 0.29) is 0 Å². The van der Waals surface area contributed by atoms with Gasteiger partial charge in [-0.15, -0.1) is 0 Å². The number of esters is 1. The minimum atomic E-state index is -0.801. The van der Waals surface area contributed by atoms with Gasteiger partial charge in [-0.05, 0) is 54.4 Å². The van der Waals surface area contributed by atoms with Crippen molar-refractivity contribution in [1.29, 1.82) is 0 Å². The van der Waals surface area contributed by atoms with Crippen molar-refractivity contribution < 1.29 is 28.6 Å². The number of nitrogens with one attached hydrogen (secondary N) is 1. The summed E-state index contributed by atoms with van der Waals surface area (Å²) in [6.07, 6.45) is -1.27. The fraction of sp³-hybridized carbons (Fsp3) is 0.812. The van der Waals surface area contributed by atoms with Crippen LogP contribution in [0.25, 0.3) is 0 Å². The number of hydrogen-bond donors (Lipinski definition) is 1. The topological polar surface area (TPSA) is 94.2 Å². The first-order valence-corrected chi connectivity index (χ1v) is 7.93. The lowest BCUT2D eigenvalue weighted by molar-refractivity contribution is -0.146. The van der Waals surface area contributed by atoms with E-state index in [0.29, 0.717) is 12.8 Å². The van der Waals surface area contributed by atoms with Crippen LogP contribution in [-0.4, -0.2) is 53.6 Å². The predicted molar refractivity (Wildman–Crippen MR) is 86.3 cm³/mol. The molecule has 1 saturated heterocycles. The minimum Gasteiger partial charge on any atom is -0.467 e. The molecule has 1 aliphatic heterocycles. The molecule has 0 spiro atoms. The summed E-state index contributed by atoms with van der Waals surface area (Å²) in [5, 5.41) is 2.62. The van der Waals surface area contributed by atoms with E-state index in [9.17, 15) is 14.4 Å². The van der Waals surface area contributed by atoms with Crippen LogP contribution in [0.1, 0.15) is 54.4 Å². The van der Waals surface area contributed by atoms with Crippen LogP contribution in [0, 0.1) is 0 Å². The Balaban J connectivity index is 2.91. The highest BCUT2D eigenvalue weighted by molar-refractivity contribution is 5.83. The van der Waals surface area contributed by atoms with Gasteiger partial charge >= 0.3 is 18.2 Å². The molecule has 0 aromatic carbocycles. The lowest BCUT2D eigenvalue weighted by Crippen LogP contribution is -2.54. The Morgan fingerprint density at radius 3 is 1.96 bits per heavy atom. The zero-order valence-corrected chi connectivity index (χ0v) is 15.5. The predicted octanol–water partition coefficient (Wildman–Crippen LogP) is 2.41. The summed E-state index contributed by atoms with van der Waals surface area (Å²) in [5.41, 5.74) is -1.39. The molecule has 0 aromatic rings. The van der Waals surface area contributed by atoms with E-state index in [2.05, 4.69) is 5.32 Å². The molecule has 1 aliphatic rings. The van der Waals surface area contributed by atoms with Gasteiger partial charge in [0.05, 0.1) is 7.11 Å². The lowest BCUT2D eigenvalue weighted by atomic mass is 10.2. The van der Waals surface area contributed by atoms with Gasteiger partial charge in [0.2, 0.25) is 0 Å². The molecule has 1 unspecified atom stereocenters. The molecule has 2 amide bonds. The van der Waals surface area contributed by atoms with Gasteiger partial charge in [-0.2, -0.15) is 0 Å². The number of likely N-dealkylation sites (tertiary alicyclic amines) is 1. The lowest BCUT2D eigenvalue weighted by Gasteiger charge is -2.32. The molecule has 8 nitrogen and oxygen atoms in total. The number of amides is 2. The van der Waals surface area contributed by atoms with Crippen molar-refractivity contribution >= 4 is 18.2 Å². The molecule has 2 atom stereocenters. The van der Waals surface area contributed by atoms with Crippen molar-refractivity contribution in [2.24, 2.45) is 0 Å². The van der Waals surface area contributed by atoms with Gasteiger partial charge in [-0.25, -0.2) is 14.4 Å². The quantitative estimate of drug-likeness (QED) is 0.611. The first kappa shape index (κ1) is 20.1. The van der Waals surface area contributed by atoms with Crippen molar-refractivity contribution in [3.8, 4) is 0 Å². The van der Waals surface area contributed by atoms with Gasteiger partial charge in [-0.1, -0.05) is 0 Å². The van der Waals surface area contributed by atoms with Gasteiger partial charge < -0.3 is 19.5 Å². The van der Waals surface area contributed by atoms with Crippen LogP contribution in [0.2, 0.25) is 0 Å². The maximum absolute atomic E-state index is 12.5. The van der Waals surface area contributed by atoms with Gasteiger partial charge in [0, 0.05) is 0 Å². The van der Waals surface area contributed by atoms with E-state index >= 15 is 0 Å². The number of nitrogens with zero attached hydrogens (tertiary/aromatic N) is 1. The summed E-state index contributed by atoms with van der Waals surface area (Å²) < 4.78 is 15.3. The summed E-state index contributed by atoms with van der Waals surface area (Å²) in [7, 11) is 1.25. The fourth-order valence-corrected chi connectivity index (χ4v) is 2.33. The second-order valence-electron chi connectivity index (χ2n) is 7.67. The molecule has 1 fully saturated rings. The van der Waals surface area contributed by atoms with E-state index in [1.165, 1.54) is 12.0 Å². The van der Waals surface area contributed by atoms with Crippen LogP contribution in [0.5, 0.6) is 0 Å². The van der Waals surface area contributed by atoms with Gasteiger partial charge in [0.1, 0.15) is 23.4 Å². The number of ether oxygens (including phenoxy) is 3. The second-order valence-corrected chi connectivity index (χ2v) is 7.67. The highest BCUT2D eigenvalue weighted by Crippen LogP contribution is 2.26. The number of carbonyl (C=O) groups excluding carboxylic acids is 3. The average Bonchev–Trinajstić information content (AvgIpc) is 2.77. The Morgan fingerprint density at radius 2 is 1.50 bits per heavy atom. The van der Waals surface area contributed by atoms with Gasteiger partial charge in [-0.3, -0.25) is 4.90 Å². The summed E-state index contributed by atoms with van der Waals surface area (Å²) in [4.78, 5) is 37.6. The first-order valence-electron chi connectivity index (χ1n) is 7.93. The molecule has 1 rings (SSSR count). The number of alkyl carbamates (subject to hydrolysis) is 1. The smallest absolute Gasteiger partial charge is 0.412 e. The van der Waals surface area contributed by atoms with E-state index < -0.39 is 41.6 Å². The SMILES string of the molecule is COC(=O)[C@@H]1CCC(NC(=O)OC(C)(C)C)N1C(=O)OC(C)(C)C. The van der Waals surface area contributed by atoms with Gasteiger partial charge in [0.15, 0.2) is 0 Å². The van der Waals surface area contributed by atoms with Crippen molar-refractivity contribution in [2.75, 3.05) is 7.11 Å². The number of rotatable bonds is 2. The van der Waals surface area contributed by atoms with E-state index in [1.54, 1.807) is 41.5 Å². The maximum Gasteiger partial charge on any atom is 0.412 e. The highest BCUT2D eigenvalue weighted by atomic mass is 16.6. The first-order chi connectivity index (χ1) is 10.8. The normalized spacial score (nSPS) is 21.2. The number of carbonyl (C=O) groups is 3.